The number of nitrogens with two attached hydrogens (primary N) is 5. The van der Waals surface area contributed by atoms with Crippen LogP contribution < -0.4 is 76.5 Å². The highest BCUT2D eigenvalue weighted by Gasteiger charge is 2.35. The molecule has 5 aromatic carbocycles. The van der Waals surface area contributed by atoms with Gasteiger partial charge in [-0.1, -0.05) is 76.2 Å². The molecule has 0 aliphatic heterocycles. The minimum Gasteiger partial charge on any atom is -0.508 e. The zero-order chi connectivity index (χ0) is 70.1. The van der Waals surface area contributed by atoms with Gasteiger partial charge in [-0.25, -0.2) is 4.79 Å². The van der Waals surface area contributed by atoms with Gasteiger partial charge in [0.25, 0.3) is 5.91 Å². The van der Waals surface area contributed by atoms with Gasteiger partial charge in [0.1, 0.15) is 47.8 Å². The molecule has 0 aliphatic carbocycles. The Kier molecular flexibility index (Phi) is 28.8. The Morgan fingerprint density at radius 1 is 0.537 bits per heavy atom. The molecule has 5 aromatic rings. The van der Waals surface area contributed by atoms with E-state index in [9.17, 15) is 68.1 Å². The van der Waals surface area contributed by atoms with Crippen molar-refractivity contribution in [1.82, 2.24) is 47.9 Å². The molecule has 0 unspecified atom stereocenters. The molecule has 0 radical (unpaired) electrons. The van der Waals surface area contributed by atoms with Crippen LogP contribution in [0.15, 0.2) is 101 Å². The third-order valence-corrected chi connectivity index (χ3v) is 15.1. The Morgan fingerprint density at radius 2 is 1.06 bits per heavy atom. The molecule has 0 bridgehead atoms. The molecule has 510 valence electrons. The Labute approximate surface area is 553 Å². The van der Waals surface area contributed by atoms with E-state index < -0.39 is 120 Å². The maximum Gasteiger partial charge on any atom is 0.336 e. The van der Waals surface area contributed by atoms with Gasteiger partial charge in [-0.2, -0.15) is 12.6 Å². The van der Waals surface area contributed by atoms with Crippen LogP contribution in [0, 0.1) is 11.8 Å². The molecule has 0 saturated carbocycles. The number of carbonyl (C=O) groups excluding carboxylic acids is 10. The molecule has 6 atom stereocenters. The predicted octanol–water partition coefficient (Wildman–Crippen LogP) is -0.502. The second-order valence-electron chi connectivity index (χ2n) is 23.1. The summed E-state index contributed by atoms with van der Waals surface area (Å²) in [6.45, 7) is 5.37. The number of aliphatic imine (C=N–C) groups is 2. The van der Waals surface area contributed by atoms with Gasteiger partial charge < -0.3 is 91.8 Å². The molecule has 5 rings (SSSR count). The fourth-order valence-corrected chi connectivity index (χ4v) is 10.3. The number of nitrogens with zero attached hydrogens (tertiary/aromatic N) is 2. The van der Waals surface area contributed by atoms with Crippen molar-refractivity contribution in [2.24, 2.45) is 50.5 Å². The van der Waals surface area contributed by atoms with Crippen LogP contribution in [0.3, 0.4) is 0 Å². The number of fused-ring (bicyclic) bond motifs is 2. The van der Waals surface area contributed by atoms with E-state index in [4.69, 9.17) is 28.7 Å². The zero-order valence-electron chi connectivity index (χ0n) is 53.0. The van der Waals surface area contributed by atoms with E-state index in [0.717, 1.165) is 6.07 Å². The third kappa shape index (κ3) is 23.7. The van der Waals surface area contributed by atoms with Gasteiger partial charge in [-0.15, -0.1) is 0 Å². The number of guanidine groups is 2. The quantitative estimate of drug-likeness (QED) is 0.00790. The van der Waals surface area contributed by atoms with E-state index >= 15 is 0 Å². The summed E-state index contributed by atoms with van der Waals surface area (Å²) in [5.74, 6) is -10.9. The molecular formula is C64H84N16O14S. The Bertz CT molecular complexity index is 3610. The standard InChI is InChI=1S/C64H84N16O14S/c1-33(2)24-47(59(90)77-45(12-8-21-71-63(66)67)57(88)76-46(13-9-22-72-64(68)69)58(89)80-54(34(3)4)61(92)79-49(32-95)56(87)70-23-20-50(65)83)78-60(91)48(25-35-10-6-5-7-11-35)75-52(85)31-73-51(84)30-74-55(86)36-14-17-43(44(29-36)62(93)94)53-41-18-15-39(81)27-37(41)26-38-28-40(82)16-19-42(38)53/h5-7,10-11,14-19,26-29,33-34,45-49,54,81-82,95H,8-9,12-13,20-25,30-32H2,1-4H3,(H2,65,83)(H,70,87)(H,73,84)(H,74,86)(H,75,85)(H,76,88)(H,77,90)(H,78,91)(H,79,92)(H,80,89)(H,93,94)(H4,66,67,71)(H4,68,69,72)/t45-,46-,47-,48+,49-,54-/m0/s1. The molecule has 0 saturated heterocycles. The number of phenolic OH excluding ortho intramolecular Hbond substituents is 2. The van der Waals surface area contributed by atoms with Gasteiger partial charge in [0, 0.05) is 43.8 Å². The van der Waals surface area contributed by atoms with Crippen LogP contribution in [0.1, 0.15) is 92.5 Å². The number of hydrogen-bond donors (Lipinski definition) is 18. The number of carboxylic acid groups (broad SMARTS) is 1. The van der Waals surface area contributed by atoms with Crippen molar-refractivity contribution in [1.29, 1.82) is 0 Å². The molecule has 30 nitrogen and oxygen atoms in total. The van der Waals surface area contributed by atoms with Gasteiger partial charge in [0.05, 0.1) is 18.7 Å². The first-order chi connectivity index (χ1) is 45.0. The number of rotatable bonds is 36. The number of primary amides is 1. The summed E-state index contributed by atoms with van der Waals surface area (Å²) in [5, 5.41) is 56.4. The maximum atomic E-state index is 14.5. The lowest BCUT2D eigenvalue weighted by molar-refractivity contribution is -0.136. The average molecular weight is 1330 g/mol. The van der Waals surface area contributed by atoms with E-state index in [1.165, 1.54) is 36.4 Å². The van der Waals surface area contributed by atoms with Crippen molar-refractivity contribution < 1.29 is 68.1 Å². The van der Waals surface area contributed by atoms with Crippen LogP contribution in [0.5, 0.6) is 11.5 Å². The van der Waals surface area contributed by atoms with Crippen LogP contribution >= 0.6 is 12.6 Å². The summed E-state index contributed by atoms with van der Waals surface area (Å²) < 4.78 is 0. The van der Waals surface area contributed by atoms with E-state index in [2.05, 4.69) is 70.5 Å². The number of benzene rings is 5. The number of aromatic carboxylic acids is 1. The number of hydrogen-bond acceptors (Lipinski definition) is 16. The summed E-state index contributed by atoms with van der Waals surface area (Å²) in [6, 6.07) is 15.4. The molecule has 0 heterocycles. The number of aromatic hydroxyl groups is 2. The second kappa shape index (κ2) is 36.5. The van der Waals surface area contributed by atoms with Crippen LogP contribution in [0.2, 0.25) is 0 Å². The van der Waals surface area contributed by atoms with E-state index in [-0.39, 0.29) is 116 Å². The lowest BCUT2D eigenvalue weighted by atomic mass is 9.88. The molecule has 10 amide bonds. The molecule has 0 aliphatic rings. The summed E-state index contributed by atoms with van der Waals surface area (Å²) in [5.41, 5.74) is 28.3. The van der Waals surface area contributed by atoms with Crippen LogP contribution in [-0.2, 0) is 49.6 Å². The monoisotopic (exact) mass is 1330 g/mol. The molecule has 0 spiro atoms. The van der Waals surface area contributed by atoms with Crippen LogP contribution in [-0.4, -0.2) is 167 Å². The fourth-order valence-electron chi connectivity index (χ4n) is 10.0. The first kappa shape index (κ1) is 75.0. The number of nitrogens with one attached hydrogen (secondary N) is 9. The Hall–Kier alpha value is -10.7. The normalized spacial score (nSPS) is 12.9. The van der Waals surface area contributed by atoms with Crippen molar-refractivity contribution in [3.8, 4) is 22.6 Å². The minimum atomic E-state index is -1.42. The van der Waals surface area contributed by atoms with Crippen molar-refractivity contribution in [3.63, 3.8) is 0 Å². The van der Waals surface area contributed by atoms with Gasteiger partial charge in [0.2, 0.25) is 53.2 Å². The first-order valence-electron chi connectivity index (χ1n) is 30.5. The molecule has 0 aromatic heterocycles. The number of phenols is 2. The van der Waals surface area contributed by atoms with Crippen molar-refractivity contribution in [2.45, 2.75) is 109 Å². The van der Waals surface area contributed by atoms with Gasteiger partial charge in [-0.05, 0) is 125 Å². The van der Waals surface area contributed by atoms with Crippen molar-refractivity contribution in [2.75, 3.05) is 38.5 Å². The lowest BCUT2D eigenvalue weighted by Crippen LogP contribution is -2.60. The van der Waals surface area contributed by atoms with Crippen molar-refractivity contribution >= 4 is 111 Å². The topological polar surface area (TPSA) is 512 Å². The summed E-state index contributed by atoms with van der Waals surface area (Å²) in [7, 11) is 0. The average Bonchev–Trinajstić information content (AvgIpc) is 0.750. The second-order valence-corrected chi connectivity index (χ2v) is 23.5. The number of carboxylic acids is 1. The Morgan fingerprint density at radius 3 is 1.59 bits per heavy atom. The molecule has 22 N–H and O–H groups in total. The van der Waals surface area contributed by atoms with Gasteiger partial charge >= 0.3 is 5.97 Å². The van der Waals surface area contributed by atoms with E-state index in [1.54, 1.807) is 76.2 Å². The lowest BCUT2D eigenvalue weighted by Gasteiger charge is -2.29. The summed E-state index contributed by atoms with van der Waals surface area (Å²) >= 11 is 4.18. The highest BCUT2D eigenvalue weighted by atomic mass is 32.1. The third-order valence-electron chi connectivity index (χ3n) is 14.7. The summed E-state index contributed by atoms with van der Waals surface area (Å²) in [4.78, 5) is 156. The van der Waals surface area contributed by atoms with Crippen molar-refractivity contribution in [3.05, 3.63) is 108 Å². The molecule has 31 heteroatoms. The highest BCUT2D eigenvalue weighted by Crippen LogP contribution is 2.40. The van der Waals surface area contributed by atoms with E-state index in [1.807, 2.05) is 0 Å². The van der Waals surface area contributed by atoms with E-state index in [0.29, 0.717) is 32.7 Å². The molecular weight excluding hydrogens is 1250 g/mol. The molecule has 95 heavy (non-hydrogen) atoms. The smallest absolute Gasteiger partial charge is 0.336 e. The minimum absolute atomic E-state index is 0.00663. The largest absolute Gasteiger partial charge is 0.508 e. The number of thiol groups is 1. The number of carbonyl (C=O) groups is 11. The maximum absolute atomic E-state index is 14.5. The number of amides is 10. The fraction of sp³-hybridized carbons (Fsp3) is 0.391. The predicted molar refractivity (Wildman–Crippen MR) is 359 cm³/mol. The zero-order valence-corrected chi connectivity index (χ0v) is 53.9. The van der Waals surface area contributed by atoms with Crippen LogP contribution in [0.25, 0.3) is 32.7 Å². The van der Waals surface area contributed by atoms with Crippen LogP contribution in [0.4, 0.5) is 0 Å². The van der Waals surface area contributed by atoms with Gasteiger partial charge in [0.15, 0.2) is 11.9 Å². The van der Waals surface area contributed by atoms with Gasteiger partial charge in [-0.3, -0.25) is 57.9 Å². The Balaban J connectivity index is 1.30. The molecule has 0 fully saturated rings. The highest BCUT2D eigenvalue weighted by molar-refractivity contribution is 7.80. The SMILES string of the molecule is CC(C)C[C@H](NC(=O)[C@@H](Cc1ccccc1)NC(=O)CNC(=O)CNC(=O)c1ccc(-c2c3ccc(O)cc3cc3cc(O)ccc23)c(C(=O)O)c1)C(=O)N[C@@H](CCCN=C(N)N)C(=O)N[C@@H](CCCN=C(N)N)C(=O)N[C@H](C(=O)N[C@@H](CS)C(=O)NCCC(N)=O)C(C)C. The first-order valence-corrected chi connectivity index (χ1v) is 31.1. The summed E-state index contributed by atoms with van der Waals surface area (Å²) in [6.07, 6.45) is -0.232.